The molecule has 0 saturated carbocycles. The first kappa shape index (κ1) is 11.0. The molecule has 1 heterocycles. The predicted molar refractivity (Wildman–Crippen MR) is 55.9 cm³/mol. The molecule has 0 unspecified atom stereocenters. The van der Waals surface area contributed by atoms with E-state index in [4.69, 9.17) is 4.74 Å². The van der Waals surface area contributed by atoms with E-state index in [1.807, 2.05) is 0 Å². The van der Waals surface area contributed by atoms with E-state index in [-0.39, 0.29) is 11.0 Å². The predicted octanol–water partition coefficient (Wildman–Crippen LogP) is 2.19. The molecular weight excluding hydrogens is 162 g/mol. The Morgan fingerprint density at radius 2 is 1.77 bits per heavy atom. The monoisotopic (exact) mass is 185 g/mol. The van der Waals surface area contributed by atoms with Crippen molar-refractivity contribution in [2.45, 2.75) is 46.1 Å². The van der Waals surface area contributed by atoms with Gasteiger partial charge in [-0.25, -0.2) is 0 Å². The summed E-state index contributed by atoms with van der Waals surface area (Å²) < 4.78 is 6.04. The first-order valence-electron chi connectivity index (χ1n) is 5.38. The Morgan fingerprint density at radius 1 is 1.15 bits per heavy atom. The van der Waals surface area contributed by atoms with Crippen molar-refractivity contribution in [1.82, 2.24) is 5.32 Å². The second-order valence-electron chi connectivity index (χ2n) is 4.95. The van der Waals surface area contributed by atoms with E-state index in [1.54, 1.807) is 0 Å². The molecule has 0 amide bonds. The molecule has 1 aliphatic heterocycles. The number of hydrogen-bond acceptors (Lipinski definition) is 2. The average molecular weight is 185 g/mol. The summed E-state index contributed by atoms with van der Waals surface area (Å²) in [7, 11) is 0. The van der Waals surface area contributed by atoms with Crippen molar-refractivity contribution < 1.29 is 4.74 Å². The highest BCUT2D eigenvalue weighted by Crippen LogP contribution is 2.27. The normalized spacial score (nSPS) is 26.8. The summed E-state index contributed by atoms with van der Waals surface area (Å²) in [5.74, 6) is 0. The molecule has 0 atom stereocenters. The van der Waals surface area contributed by atoms with Gasteiger partial charge in [0.25, 0.3) is 0 Å². The summed E-state index contributed by atoms with van der Waals surface area (Å²) in [5.41, 5.74) is 0.375. The van der Waals surface area contributed by atoms with Gasteiger partial charge in [-0.15, -0.1) is 0 Å². The Kier molecular flexibility index (Phi) is 3.36. The third kappa shape index (κ3) is 2.68. The molecule has 1 aliphatic rings. The summed E-state index contributed by atoms with van der Waals surface area (Å²) in [6.07, 6.45) is 2.21. The Bertz CT molecular complexity index is 161. The van der Waals surface area contributed by atoms with Gasteiger partial charge in [0.15, 0.2) is 0 Å². The molecule has 0 aliphatic carbocycles. The summed E-state index contributed by atoms with van der Waals surface area (Å²) in [6, 6.07) is 0. The zero-order valence-electron chi connectivity index (χ0n) is 9.44. The molecule has 2 nitrogen and oxygen atoms in total. The molecule has 1 saturated heterocycles. The van der Waals surface area contributed by atoms with Crippen LogP contribution in [0.15, 0.2) is 0 Å². The molecule has 1 rings (SSSR count). The minimum absolute atomic E-state index is 0.0910. The molecule has 0 aromatic rings. The van der Waals surface area contributed by atoms with Crippen LogP contribution in [0.5, 0.6) is 0 Å². The number of hydrogen-bond donors (Lipinski definition) is 1. The molecule has 1 fully saturated rings. The molecule has 13 heavy (non-hydrogen) atoms. The number of ether oxygens (including phenoxy) is 1. The van der Waals surface area contributed by atoms with Gasteiger partial charge >= 0.3 is 0 Å². The van der Waals surface area contributed by atoms with Crippen LogP contribution in [0, 0.1) is 5.41 Å². The lowest BCUT2D eigenvalue weighted by atomic mass is 9.95. The van der Waals surface area contributed by atoms with Crippen molar-refractivity contribution >= 4 is 0 Å². The van der Waals surface area contributed by atoms with Crippen LogP contribution in [0.2, 0.25) is 0 Å². The Balaban J connectivity index is 2.62. The summed E-state index contributed by atoms with van der Waals surface area (Å²) >= 11 is 0. The number of nitrogens with one attached hydrogen (secondary N) is 1. The minimum Gasteiger partial charge on any atom is -0.373 e. The van der Waals surface area contributed by atoms with Gasteiger partial charge in [-0.05, 0) is 12.8 Å². The van der Waals surface area contributed by atoms with Crippen molar-refractivity contribution in [2.24, 2.45) is 5.41 Å². The van der Waals surface area contributed by atoms with Crippen molar-refractivity contribution in [2.75, 3.05) is 19.7 Å². The van der Waals surface area contributed by atoms with Gasteiger partial charge in [-0.2, -0.15) is 0 Å². The van der Waals surface area contributed by atoms with Gasteiger partial charge in [0.1, 0.15) is 0 Å². The molecule has 0 aromatic heterocycles. The van der Waals surface area contributed by atoms with Gasteiger partial charge in [0, 0.05) is 18.5 Å². The third-order valence-corrected chi connectivity index (χ3v) is 3.11. The lowest BCUT2D eigenvalue weighted by molar-refractivity contribution is -0.0616. The van der Waals surface area contributed by atoms with Gasteiger partial charge in [0.2, 0.25) is 0 Å². The van der Waals surface area contributed by atoms with E-state index in [9.17, 15) is 0 Å². The quantitative estimate of drug-likeness (QED) is 0.712. The van der Waals surface area contributed by atoms with Crippen LogP contribution in [-0.4, -0.2) is 25.3 Å². The van der Waals surface area contributed by atoms with Crippen LogP contribution >= 0.6 is 0 Å². The molecule has 0 spiro atoms. The number of rotatable bonds is 2. The smallest absolute Gasteiger partial charge is 0.0801 e. The van der Waals surface area contributed by atoms with Crippen LogP contribution in [0.4, 0.5) is 0 Å². The largest absolute Gasteiger partial charge is 0.373 e. The van der Waals surface area contributed by atoms with Crippen molar-refractivity contribution in [3.8, 4) is 0 Å². The topological polar surface area (TPSA) is 21.3 Å². The summed E-state index contributed by atoms with van der Waals surface area (Å²) in [4.78, 5) is 0. The van der Waals surface area contributed by atoms with Crippen molar-refractivity contribution in [3.63, 3.8) is 0 Å². The fraction of sp³-hybridized carbons (Fsp3) is 1.00. The SMILES string of the molecule is CCC1(CC)CNCC(C)(C)CO1. The first-order chi connectivity index (χ1) is 6.04. The van der Waals surface area contributed by atoms with Crippen LogP contribution in [0.3, 0.4) is 0 Å². The van der Waals surface area contributed by atoms with Crippen LogP contribution in [0.25, 0.3) is 0 Å². The molecule has 78 valence electrons. The highest BCUT2D eigenvalue weighted by atomic mass is 16.5. The van der Waals surface area contributed by atoms with E-state index in [2.05, 4.69) is 33.0 Å². The third-order valence-electron chi connectivity index (χ3n) is 3.11. The van der Waals surface area contributed by atoms with Gasteiger partial charge in [-0.3, -0.25) is 0 Å². The van der Waals surface area contributed by atoms with Gasteiger partial charge < -0.3 is 10.1 Å². The molecule has 1 N–H and O–H groups in total. The molecular formula is C11H23NO. The summed E-state index contributed by atoms with van der Waals surface area (Å²) in [6.45, 7) is 11.9. The van der Waals surface area contributed by atoms with Gasteiger partial charge in [0.05, 0.1) is 12.2 Å². The fourth-order valence-electron chi connectivity index (χ4n) is 1.78. The Hall–Kier alpha value is -0.0800. The van der Waals surface area contributed by atoms with Crippen molar-refractivity contribution in [1.29, 1.82) is 0 Å². The fourth-order valence-corrected chi connectivity index (χ4v) is 1.78. The average Bonchev–Trinajstić information content (AvgIpc) is 2.25. The summed E-state index contributed by atoms with van der Waals surface area (Å²) in [5, 5.41) is 3.51. The van der Waals surface area contributed by atoms with E-state index >= 15 is 0 Å². The Labute approximate surface area is 82.0 Å². The highest BCUT2D eigenvalue weighted by Gasteiger charge is 2.33. The maximum Gasteiger partial charge on any atom is 0.0801 e. The molecule has 0 bridgehead atoms. The zero-order chi connectivity index (χ0) is 9.95. The van der Waals surface area contributed by atoms with E-state index in [0.29, 0.717) is 0 Å². The zero-order valence-corrected chi connectivity index (χ0v) is 9.44. The van der Waals surface area contributed by atoms with Crippen LogP contribution in [0.1, 0.15) is 40.5 Å². The van der Waals surface area contributed by atoms with E-state index < -0.39 is 0 Å². The highest BCUT2D eigenvalue weighted by molar-refractivity contribution is 4.86. The second kappa shape index (κ2) is 3.97. The maximum atomic E-state index is 6.04. The first-order valence-corrected chi connectivity index (χ1v) is 5.38. The molecule has 0 radical (unpaired) electrons. The maximum absolute atomic E-state index is 6.04. The van der Waals surface area contributed by atoms with Crippen molar-refractivity contribution in [3.05, 3.63) is 0 Å². The lowest BCUT2D eigenvalue weighted by Crippen LogP contribution is -2.40. The van der Waals surface area contributed by atoms with Crippen LogP contribution < -0.4 is 5.32 Å². The lowest BCUT2D eigenvalue weighted by Gasteiger charge is -2.31. The second-order valence-corrected chi connectivity index (χ2v) is 4.95. The van der Waals surface area contributed by atoms with Crippen LogP contribution in [-0.2, 0) is 4.74 Å². The molecule has 2 heteroatoms. The Morgan fingerprint density at radius 3 is 2.31 bits per heavy atom. The van der Waals surface area contributed by atoms with Gasteiger partial charge in [-0.1, -0.05) is 27.7 Å². The molecule has 0 aromatic carbocycles. The minimum atomic E-state index is 0.0910. The van der Waals surface area contributed by atoms with E-state index in [1.165, 1.54) is 0 Å². The van der Waals surface area contributed by atoms with E-state index in [0.717, 1.165) is 32.5 Å². The standard InChI is InChI=1S/C11H23NO/c1-5-11(6-2)8-12-7-10(3,4)9-13-11/h12H,5-9H2,1-4H3.